The van der Waals surface area contributed by atoms with Crippen LogP contribution in [0.5, 0.6) is 5.88 Å². The first-order valence-corrected chi connectivity index (χ1v) is 11.7. The third kappa shape index (κ3) is 3.41. The van der Waals surface area contributed by atoms with Gasteiger partial charge in [-0.15, -0.1) is 0 Å². The van der Waals surface area contributed by atoms with Crippen molar-refractivity contribution < 1.29 is 22.5 Å². The Morgan fingerprint density at radius 1 is 1.23 bits per heavy atom. The van der Waals surface area contributed by atoms with Gasteiger partial charge in [-0.3, -0.25) is 9.20 Å². The number of rotatable bonds is 4. The summed E-state index contributed by atoms with van der Waals surface area (Å²) in [5, 5.41) is 10.0. The number of hydrogen-bond acceptors (Lipinski definition) is 8. The third-order valence-corrected chi connectivity index (χ3v) is 7.87. The highest BCUT2D eigenvalue weighted by atomic mass is 32.2. The normalized spacial score (nSPS) is 20.5. The lowest BCUT2D eigenvalue weighted by Crippen LogP contribution is -2.48. The highest BCUT2D eigenvalue weighted by Gasteiger charge is 2.46. The van der Waals surface area contributed by atoms with Gasteiger partial charge in [0.1, 0.15) is 9.90 Å². The molecule has 162 valence electrons. The standard InChI is InChI=1S/C19H18N4O6S2/c1-11-2-4-14(5-3-11)31(27,28)29-15-7-16(24)23-10-17(30-18(23)20-15)21-8-13-6-12(21)9-22(13)19(25)26/h2-5,7,10,12-13H,6,8-9H2,1H3,(H,25,26)/t12-,13-/m0/s1. The second-order valence-corrected chi connectivity index (χ2v) is 10.2. The van der Waals surface area contributed by atoms with Gasteiger partial charge in [0.15, 0.2) is 0 Å². The fourth-order valence-electron chi connectivity index (χ4n) is 4.08. The minimum Gasteiger partial charge on any atom is -0.465 e. The lowest BCUT2D eigenvalue weighted by Gasteiger charge is -2.32. The summed E-state index contributed by atoms with van der Waals surface area (Å²) in [6, 6.07) is 7.19. The van der Waals surface area contributed by atoms with E-state index in [0.29, 0.717) is 18.1 Å². The van der Waals surface area contributed by atoms with Crippen LogP contribution in [0.4, 0.5) is 9.80 Å². The molecule has 31 heavy (non-hydrogen) atoms. The largest absolute Gasteiger partial charge is 0.465 e. The SMILES string of the molecule is Cc1ccc(S(=O)(=O)Oc2cc(=O)n3cc(N4C[C@@H]5C[C@H]4CN5C(=O)O)sc3n2)cc1. The van der Waals surface area contributed by atoms with Crippen molar-refractivity contribution in [3.63, 3.8) is 0 Å². The van der Waals surface area contributed by atoms with Gasteiger partial charge in [0.2, 0.25) is 10.8 Å². The summed E-state index contributed by atoms with van der Waals surface area (Å²) >= 11 is 1.23. The molecule has 0 saturated carbocycles. The lowest BCUT2D eigenvalue weighted by molar-refractivity contribution is 0.137. The van der Waals surface area contributed by atoms with Gasteiger partial charge < -0.3 is 19.1 Å². The molecular formula is C19H18N4O6S2. The van der Waals surface area contributed by atoms with Crippen molar-refractivity contribution >= 4 is 37.5 Å². The van der Waals surface area contributed by atoms with E-state index >= 15 is 0 Å². The number of likely N-dealkylation sites (tertiary alicyclic amines) is 1. The summed E-state index contributed by atoms with van der Waals surface area (Å²) in [7, 11) is -4.12. The minimum atomic E-state index is -4.12. The second-order valence-electron chi connectivity index (χ2n) is 7.64. The summed E-state index contributed by atoms with van der Waals surface area (Å²) in [5.41, 5.74) is 0.447. The van der Waals surface area contributed by atoms with Gasteiger partial charge in [-0.25, -0.2) is 4.79 Å². The molecule has 2 aliphatic heterocycles. The van der Waals surface area contributed by atoms with Crippen LogP contribution in [0.25, 0.3) is 4.96 Å². The molecule has 2 fully saturated rings. The van der Waals surface area contributed by atoms with Gasteiger partial charge >= 0.3 is 16.2 Å². The Kier molecular flexibility index (Phi) is 4.45. The first-order chi connectivity index (χ1) is 14.7. The number of piperazine rings is 1. The molecule has 0 spiro atoms. The first-order valence-electron chi connectivity index (χ1n) is 9.52. The lowest BCUT2D eigenvalue weighted by atomic mass is 10.2. The van der Waals surface area contributed by atoms with E-state index in [4.69, 9.17) is 4.18 Å². The maximum Gasteiger partial charge on any atom is 0.407 e. The van der Waals surface area contributed by atoms with Crippen molar-refractivity contribution in [1.82, 2.24) is 14.3 Å². The maximum absolute atomic E-state index is 12.5. The number of anilines is 1. The molecule has 0 aliphatic carbocycles. The van der Waals surface area contributed by atoms with E-state index < -0.39 is 21.8 Å². The van der Waals surface area contributed by atoms with E-state index in [9.17, 15) is 23.1 Å². The Morgan fingerprint density at radius 2 is 1.97 bits per heavy atom. The van der Waals surface area contributed by atoms with Crippen LogP contribution in [-0.4, -0.2) is 59.1 Å². The summed E-state index contributed by atoms with van der Waals surface area (Å²) in [5.74, 6) is -0.293. The van der Waals surface area contributed by atoms with E-state index in [1.165, 1.54) is 32.8 Å². The number of carboxylic acid groups (broad SMARTS) is 1. The Morgan fingerprint density at radius 3 is 2.61 bits per heavy atom. The number of carbonyl (C=O) groups is 1. The molecule has 1 amide bonds. The molecule has 0 radical (unpaired) electrons. The van der Waals surface area contributed by atoms with Crippen LogP contribution in [0.3, 0.4) is 0 Å². The van der Waals surface area contributed by atoms with E-state index in [2.05, 4.69) is 9.88 Å². The van der Waals surface area contributed by atoms with E-state index in [0.717, 1.165) is 23.1 Å². The topological polar surface area (TPSA) is 122 Å². The Bertz CT molecular complexity index is 1350. The fraction of sp³-hybridized carbons (Fsp3) is 0.316. The van der Waals surface area contributed by atoms with Gasteiger partial charge in [-0.1, -0.05) is 29.0 Å². The molecule has 2 bridgehead atoms. The van der Waals surface area contributed by atoms with Crippen molar-refractivity contribution in [2.24, 2.45) is 0 Å². The highest BCUT2D eigenvalue weighted by molar-refractivity contribution is 7.87. The molecule has 2 saturated heterocycles. The number of benzene rings is 1. The van der Waals surface area contributed by atoms with Crippen molar-refractivity contribution in [2.45, 2.75) is 30.3 Å². The van der Waals surface area contributed by atoms with Crippen LogP contribution >= 0.6 is 11.3 Å². The van der Waals surface area contributed by atoms with Crippen LogP contribution < -0.4 is 14.6 Å². The monoisotopic (exact) mass is 462 g/mol. The minimum absolute atomic E-state index is 0.0250. The third-order valence-electron chi connectivity index (χ3n) is 5.61. The predicted octanol–water partition coefficient (Wildman–Crippen LogP) is 1.77. The van der Waals surface area contributed by atoms with Gasteiger partial charge in [0.05, 0.1) is 12.1 Å². The number of hydrogen-bond donors (Lipinski definition) is 1. The maximum atomic E-state index is 12.5. The number of thiazole rings is 1. The van der Waals surface area contributed by atoms with Crippen molar-refractivity contribution in [1.29, 1.82) is 0 Å². The van der Waals surface area contributed by atoms with E-state index in [1.54, 1.807) is 18.3 Å². The quantitative estimate of drug-likeness (QED) is 0.583. The molecule has 1 N–H and O–H groups in total. The molecule has 3 aromatic rings. The number of fused-ring (bicyclic) bond motifs is 3. The number of amides is 1. The number of aryl methyl sites for hydroxylation is 1. The molecule has 2 atom stereocenters. The molecule has 2 aliphatic rings. The van der Waals surface area contributed by atoms with E-state index in [1.807, 2.05) is 6.92 Å². The predicted molar refractivity (Wildman–Crippen MR) is 113 cm³/mol. The van der Waals surface area contributed by atoms with E-state index in [-0.39, 0.29) is 22.9 Å². The zero-order valence-electron chi connectivity index (χ0n) is 16.3. The second kappa shape index (κ2) is 6.95. The van der Waals surface area contributed by atoms with Crippen molar-refractivity contribution in [3.8, 4) is 5.88 Å². The van der Waals surface area contributed by atoms with Gasteiger partial charge in [0.25, 0.3) is 5.56 Å². The molecular weight excluding hydrogens is 444 g/mol. The Hall–Kier alpha value is -3.12. The first kappa shape index (κ1) is 19.8. The molecule has 10 nitrogen and oxygen atoms in total. The molecule has 4 heterocycles. The smallest absolute Gasteiger partial charge is 0.407 e. The van der Waals surface area contributed by atoms with Gasteiger partial charge in [-0.05, 0) is 25.5 Å². The molecule has 5 rings (SSSR count). The highest BCUT2D eigenvalue weighted by Crippen LogP contribution is 2.37. The van der Waals surface area contributed by atoms with Gasteiger partial charge in [0, 0.05) is 25.3 Å². The summed E-state index contributed by atoms with van der Waals surface area (Å²) in [6.07, 6.45) is 1.48. The fourth-order valence-corrected chi connectivity index (χ4v) is 6.02. The molecule has 0 unspecified atom stereocenters. The average molecular weight is 463 g/mol. The summed E-state index contributed by atoms with van der Waals surface area (Å²) in [6.45, 7) is 2.80. The van der Waals surface area contributed by atoms with Crippen LogP contribution in [-0.2, 0) is 10.1 Å². The number of nitrogens with zero attached hydrogens (tertiary/aromatic N) is 4. The number of aromatic nitrogens is 2. The summed E-state index contributed by atoms with van der Waals surface area (Å²) < 4.78 is 31.5. The summed E-state index contributed by atoms with van der Waals surface area (Å²) in [4.78, 5) is 31.8. The van der Waals surface area contributed by atoms with Crippen molar-refractivity contribution in [3.05, 3.63) is 52.4 Å². The van der Waals surface area contributed by atoms with Crippen LogP contribution in [0.2, 0.25) is 0 Å². The van der Waals surface area contributed by atoms with Crippen LogP contribution in [0, 0.1) is 6.92 Å². The molecule has 2 aromatic heterocycles. The zero-order chi connectivity index (χ0) is 21.9. The van der Waals surface area contributed by atoms with Crippen LogP contribution in [0.15, 0.2) is 46.2 Å². The van der Waals surface area contributed by atoms with Gasteiger partial charge in [-0.2, -0.15) is 13.4 Å². The molecule has 1 aromatic carbocycles. The average Bonchev–Trinajstić information content (AvgIpc) is 3.41. The van der Waals surface area contributed by atoms with Crippen LogP contribution in [0.1, 0.15) is 12.0 Å². The Balaban J connectivity index is 1.43. The zero-order valence-corrected chi connectivity index (χ0v) is 18.0. The molecule has 12 heteroatoms. The van der Waals surface area contributed by atoms with Crippen molar-refractivity contribution in [2.75, 3.05) is 18.0 Å². The Labute approximate surface area is 181 Å².